The van der Waals surface area contributed by atoms with E-state index in [-0.39, 0.29) is 5.79 Å². The fourth-order valence-corrected chi connectivity index (χ4v) is 1.62. The van der Waals surface area contributed by atoms with Gasteiger partial charge in [0, 0.05) is 6.42 Å². The first kappa shape index (κ1) is 10.7. The average molecular weight is 206 g/mol. The van der Waals surface area contributed by atoms with Crippen molar-refractivity contribution in [1.29, 1.82) is 0 Å². The summed E-state index contributed by atoms with van der Waals surface area (Å²) in [6, 6.07) is 10.2. The summed E-state index contributed by atoms with van der Waals surface area (Å²) in [4.78, 5) is 0. The molecule has 0 aromatic heterocycles. The first-order valence-corrected chi connectivity index (χ1v) is 5.66. The van der Waals surface area contributed by atoms with Crippen molar-refractivity contribution in [3.05, 3.63) is 35.9 Å². The molecular weight excluding hydrogens is 188 g/mol. The molecule has 0 amide bonds. The largest absolute Gasteiger partial charge is 0.343 e. The summed E-state index contributed by atoms with van der Waals surface area (Å²) in [5.41, 5.74) is 1.21. The lowest BCUT2D eigenvalue weighted by molar-refractivity contribution is -0.0601. The van der Waals surface area contributed by atoms with E-state index in [1.807, 2.05) is 18.2 Å². The van der Waals surface area contributed by atoms with Crippen LogP contribution >= 0.6 is 0 Å². The van der Waals surface area contributed by atoms with Crippen molar-refractivity contribution in [3.63, 3.8) is 0 Å². The van der Waals surface area contributed by atoms with Crippen LogP contribution in [0.4, 0.5) is 0 Å². The quantitative estimate of drug-likeness (QED) is 0.667. The Kier molecular flexibility index (Phi) is 3.39. The molecule has 0 aliphatic carbocycles. The Labute approximate surface area is 91.2 Å². The molecule has 1 aliphatic rings. The van der Waals surface area contributed by atoms with Crippen molar-refractivity contribution in [2.75, 3.05) is 6.61 Å². The molecule has 0 radical (unpaired) electrons. The maximum atomic E-state index is 5.81. The van der Waals surface area contributed by atoms with Gasteiger partial charge in [0.05, 0.1) is 6.61 Å². The highest BCUT2D eigenvalue weighted by Gasteiger charge is 2.45. The molecule has 1 unspecified atom stereocenters. The summed E-state index contributed by atoms with van der Waals surface area (Å²) < 4.78 is 11.2. The Balaban J connectivity index is 1.78. The summed E-state index contributed by atoms with van der Waals surface area (Å²) in [7, 11) is 0. The molecular formula is C13H18O2. The van der Waals surface area contributed by atoms with Gasteiger partial charge in [0.1, 0.15) is 6.61 Å². The van der Waals surface area contributed by atoms with Crippen molar-refractivity contribution in [2.45, 2.75) is 38.6 Å². The van der Waals surface area contributed by atoms with E-state index in [4.69, 9.17) is 9.47 Å². The van der Waals surface area contributed by atoms with Crippen LogP contribution in [0.5, 0.6) is 0 Å². The van der Waals surface area contributed by atoms with Gasteiger partial charge in [-0.25, -0.2) is 0 Å². The van der Waals surface area contributed by atoms with Crippen LogP contribution in [-0.2, 0) is 16.1 Å². The second-order valence-corrected chi connectivity index (χ2v) is 4.08. The lowest BCUT2D eigenvalue weighted by Crippen LogP contribution is -2.15. The third kappa shape index (κ3) is 3.05. The molecule has 1 atom stereocenters. The Morgan fingerprint density at radius 1 is 1.33 bits per heavy atom. The number of hydrogen-bond donors (Lipinski definition) is 0. The lowest BCUT2D eigenvalue weighted by atomic mass is 10.2. The third-order valence-corrected chi connectivity index (χ3v) is 2.72. The minimum absolute atomic E-state index is 0.244. The molecule has 2 rings (SSSR count). The standard InChI is InChI=1S/C13H18O2/c1-2-3-9-13(11-15-13)14-10-12-7-5-4-6-8-12/h4-8H,2-3,9-11H2,1H3. The normalized spacial score (nSPS) is 24.1. The van der Waals surface area contributed by atoms with Gasteiger partial charge in [-0.05, 0) is 12.0 Å². The van der Waals surface area contributed by atoms with Crippen LogP contribution in [0.2, 0.25) is 0 Å². The van der Waals surface area contributed by atoms with E-state index in [1.54, 1.807) is 0 Å². The van der Waals surface area contributed by atoms with E-state index in [1.165, 1.54) is 18.4 Å². The molecule has 0 spiro atoms. The van der Waals surface area contributed by atoms with Gasteiger partial charge in [-0.15, -0.1) is 0 Å². The van der Waals surface area contributed by atoms with E-state index < -0.39 is 0 Å². The van der Waals surface area contributed by atoms with Gasteiger partial charge in [0.2, 0.25) is 0 Å². The molecule has 15 heavy (non-hydrogen) atoms. The van der Waals surface area contributed by atoms with Crippen molar-refractivity contribution in [1.82, 2.24) is 0 Å². The molecule has 1 aromatic carbocycles. The summed E-state index contributed by atoms with van der Waals surface area (Å²) >= 11 is 0. The molecule has 1 aromatic rings. The lowest BCUT2D eigenvalue weighted by Gasteiger charge is -2.12. The highest BCUT2D eigenvalue weighted by Crippen LogP contribution is 2.34. The molecule has 1 aliphatic heterocycles. The SMILES string of the molecule is CCCCC1(OCc2ccccc2)CO1. The summed E-state index contributed by atoms with van der Waals surface area (Å²) in [5.74, 6) is -0.244. The molecule has 0 saturated carbocycles. The van der Waals surface area contributed by atoms with E-state index >= 15 is 0 Å². The van der Waals surface area contributed by atoms with Crippen LogP contribution in [0.15, 0.2) is 30.3 Å². The Bertz CT molecular complexity index is 291. The molecule has 1 heterocycles. The van der Waals surface area contributed by atoms with Gasteiger partial charge >= 0.3 is 0 Å². The summed E-state index contributed by atoms with van der Waals surface area (Å²) in [6.45, 7) is 3.61. The maximum Gasteiger partial charge on any atom is 0.192 e. The third-order valence-electron chi connectivity index (χ3n) is 2.72. The second kappa shape index (κ2) is 4.77. The van der Waals surface area contributed by atoms with Crippen molar-refractivity contribution >= 4 is 0 Å². The Hall–Kier alpha value is -0.860. The zero-order valence-electron chi connectivity index (χ0n) is 9.24. The van der Waals surface area contributed by atoms with Crippen LogP contribution in [-0.4, -0.2) is 12.4 Å². The van der Waals surface area contributed by atoms with Crippen molar-refractivity contribution in [3.8, 4) is 0 Å². The minimum atomic E-state index is -0.244. The number of rotatable bonds is 6. The first-order chi connectivity index (χ1) is 7.35. The van der Waals surface area contributed by atoms with Crippen LogP contribution in [0.3, 0.4) is 0 Å². The molecule has 0 bridgehead atoms. The first-order valence-electron chi connectivity index (χ1n) is 5.66. The van der Waals surface area contributed by atoms with Crippen LogP contribution in [0.1, 0.15) is 31.7 Å². The predicted molar refractivity (Wildman–Crippen MR) is 59.4 cm³/mol. The smallest absolute Gasteiger partial charge is 0.192 e. The molecule has 1 fully saturated rings. The number of epoxide rings is 1. The summed E-state index contributed by atoms with van der Waals surface area (Å²) in [6.07, 6.45) is 3.39. The van der Waals surface area contributed by atoms with Crippen LogP contribution in [0.25, 0.3) is 0 Å². The van der Waals surface area contributed by atoms with E-state index in [0.29, 0.717) is 6.61 Å². The number of unbranched alkanes of at least 4 members (excludes halogenated alkanes) is 1. The molecule has 2 heteroatoms. The molecule has 2 nitrogen and oxygen atoms in total. The van der Waals surface area contributed by atoms with Gasteiger partial charge in [0.15, 0.2) is 5.79 Å². The van der Waals surface area contributed by atoms with Gasteiger partial charge in [-0.3, -0.25) is 0 Å². The number of benzene rings is 1. The van der Waals surface area contributed by atoms with E-state index in [2.05, 4.69) is 19.1 Å². The van der Waals surface area contributed by atoms with Gasteiger partial charge < -0.3 is 9.47 Å². The molecule has 0 N–H and O–H groups in total. The van der Waals surface area contributed by atoms with E-state index in [0.717, 1.165) is 13.0 Å². The summed E-state index contributed by atoms with van der Waals surface area (Å²) in [5, 5.41) is 0. The van der Waals surface area contributed by atoms with Crippen LogP contribution < -0.4 is 0 Å². The fraction of sp³-hybridized carbons (Fsp3) is 0.538. The van der Waals surface area contributed by atoms with Crippen molar-refractivity contribution in [2.24, 2.45) is 0 Å². The second-order valence-electron chi connectivity index (χ2n) is 4.08. The number of hydrogen-bond acceptors (Lipinski definition) is 2. The predicted octanol–water partition coefficient (Wildman–Crippen LogP) is 3.12. The fourth-order valence-electron chi connectivity index (χ4n) is 1.62. The highest BCUT2D eigenvalue weighted by atomic mass is 16.8. The van der Waals surface area contributed by atoms with Gasteiger partial charge in [-0.2, -0.15) is 0 Å². The topological polar surface area (TPSA) is 21.8 Å². The Morgan fingerprint density at radius 3 is 2.67 bits per heavy atom. The van der Waals surface area contributed by atoms with Gasteiger partial charge in [0.25, 0.3) is 0 Å². The zero-order valence-corrected chi connectivity index (χ0v) is 9.24. The van der Waals surface area contributed by atoms with Crippen molar-refractivity contribution < 1.29 is 9.47 Å². The minimum Gasteiger partial charge on any atom is -0.343 e. The average Bonchev–Trinajstić information content (AvgIpc) is 3.06. The zero-order chi connectivity index (χ0) is 10.6. The molecule has 1 saturated heterocycles. The Morgan fingerprint density at radius 2 is 2.07 bits per heavy atom. The monoisotopic (exact) mass is 206 g/mol. The molecule has 82 valence electrons. The number of ether oxygens (including phenoxy) is 2. The highest BCUT2D eigenvalue weighted by molar-refractivity contribution is 5.13. The van der Waals surface area contributed by atoms with E-state index in [9.17, 15) is 0 Å². The maximum absolute atomic E-state index is 5.81. The van der Waals surface area contributed by atoms with Gasteiger partial charge in [-0.1, -0.05) is 43.7 Å². The van der Waals surface area contributed by atoms with Crippen LogP contribution in [0, 0.1) is 0 Å².